The number of para-hydroxylation sites is 1. The number of hydrogen-bond donors (Lipinski definition) is 0. The third-order valence-corrected chi connectivity index (χ3v) is 5.23. The molecule has 0 fully saturated rings. The Morgan fingerprint density at radius 1 is 1.10 bits per heavy atom. The predicted molar refractivity (Wildman–Crippen MR) is 85.6 cm³/mol. The normalized spacial score (nSPS) is 11.8. The molecular weight excluding hydrogens is 296 g/mol. The van der Waals surface area contributed by atoms with Crippen LogP contribution in [0.3, 0.4) is 0 Å². The molecular formula is C14H23ClN2O2S. The Morgan fingerprint density at radius 3 is 2.30 bits per heavy atom. The molecule has 1 aromatic rings. The van der Waals surface area contributed by atoms with Crippen LogP contribution in [0.25, 0.3) is 0 Å². The molecule has 0 spiro atoms. The summed E-state index contributed by atoms with van der Waals surface area (Å²) in [6, 6.07) is 9.22. The van der Waals surface area contributed by atoms with Gasteiger partial charge in [0.15, 0.2) is 0 Å². The van der Waals surface area contributed by atoms with Gasteiger partial charge in [-0.15, -0.1) is 11.6 Å². The summed E-state index contributed by atoms with van der Waals surface area (Å²) >= 11 is 5.64. The van der Waals surface area contributed by atoms with Crippen molar-refractivity contribution >= 4 is 27.5 Å². The van der Waals surface area contributed by atoms with Crippen molar-refractivity contribution in [3.8, 4) is 0 Å². The molecule has 0 amide bonds. The highest BCUT2D eigenvalue weighted by Crippen LogP contribution is 2.20. The summed E-state index contributed by atoms with van der Waals surface area (Å²) < 4.78 is 28.2. The van der Waals surface area contributed by atoms with Crippen molar-refractivity contribution in [3.63, 3.8) is 0 Å². The standard InChI is InChI=1S/C14H23ClN2O2S/c1-3-4-13-17(14-9-6-5-7-10-14)20(18,19)16(2)12-8-11-15/h5-7,9-10H,3-4,8,11-13H2,1-2H3. The zero-order valence-corrected chi connectivity index (χ0v) is 13.7. The van der Waals surface area contributed by atoms with Crippen LogP contribution in [0, 0.1) is 0 Å². The first-order valence-corrected chi connectivity index (χ1v) is 8.82. The molecule has 1 aromatic carbocycles. The van der Waals surface area contributed by atoms with Crippen LogP contribution >= 0.6 is 11.6 Å². The molecule has 0 aliphatic rings. The van der Waals surface area contributed by atoms with Gasteiger partial charge in [-0.3, -0.25) is 4.31 Å². The van der Waals surface area contributed by atoms with Crippen molar-refractivity contribution < 1.29 is 8.42 Å². The van der Waals surface area contributed by atoms with Crippen LogP contribution in [-0.4, -0.2) is 38.7 Å². The van der Waals surface area contributed by atoms with Crippen LogP contribution in [0.5, 0.6) is 0 Å². The number of benzene rings is 1. The minimum absolute atomic E-state index is 0.432. The fourth-order valence-corrected chi connectivity index (χ4v) is 3.40. The molecule has 0 saturated heterocycles. The minimum Gasteiger partial charge on any atom is -0.258 e. The van der Waals surface area contributed by atoms with Gasteiger partial charge in [-0.1, -0.05) is 31.5 Å². The van der Waals surface area contributed by atoms with Crippen molar-refractivity contribution in [1.29, 1.82) is 0 Å². The largest absolute Gasteiger partial charge is 0.303 e. The molecule has 0 aliphatic heterocycles. The average Bonchev–Trinajstić information content (AvgIpc) is 2.46. The van der Waals surface area contributed by atoms with Gasteiger partial charge in [0.2, 0.25) is 0 Å². The lowest BCUT2D eigenvalue weighted by molar-refractivity contribution is 0.465. The monoisotopic (exact) mass is 318 g/mol. The van der Waals surface area contributed by atoms with Crippen LogP contribution in [0.15, 0.2) is 30.3 Å². The highest BCUT2D eigenvalue weighted by atomic mass is 35.5. The maximum Gasteiger partial charge on any atom is 0.303 e. The van der Waals surface area contributed by atoms with Gasteiger partial charge in [-0.05, 0) is 25.0 Å². The first kappa shape index (κ1) is 17.3. The van der Waals surface area contributed by atoms with Gasteiger partial charge < -0.3 is 0 Å². The quantitative estimate of drug-likeness (QED) is 0.656. The Morgan fingerprint density at radius 2 is 1.75 bits per heavy atom. The Hall–Kier alpha value is -0.780. The zero-order chi connectivity index (χ0) is 15.0. The first-order valence-electron chi connectivity index (χ1n) is 6.89. The summed E-state index contributed by atoms with van der Waals surface area (Å²) in [7, 11) is -1.89. The van der Waals surface area contributed by atoms with Gasteiger partial charge in [0.25, 0.3) is 0 Å². The number of nitrogens with zero attached hydrogens (tertiary/aromatic N) is 2. The highest BCUT2D eigenvalue weighted by Gasteiger charge is 2.26. The van der Waals surface area contributed by atoms with Gasteiger partial charge in [0.05, 0.1) is 5.69 Å². The molecule has 4 nitrogen and oxygen atoms in total. The maximum absolute atomic E-state index is 12.7. The zero-order valence-electron chi connectivity index (χ0n) is 12.1. The van der Waals surface area contributed by atoms with E-state index in [0.717, 1.165) is 12.8 Å². The van der Waals surface area contributed by atoms with E-state index >= 15 is 0 Å². The van der Waals surface area contributed by atoms with E-state index in [1.54, 1.807) is 7.05 Å². The molecule has 0 bridgehead atoms. The summed E-state index contributed by atoms with van der Waals surface area (Å²) in [5, 5.41) is 0. The molecule has 114 valence electrons. The van der Waals surface area contributed by atoms with E-state index in [1.165, 1.54) is 8.61 Å². The van der Waals surface area contributed by atoms with Gasteiger partial charge in [-0.25, -0.2) is 0 Å². The van der Waals surface area contributed by atoms with E-state index in [1.807, 2.05) is 37.3 Å². The summed E-state index contributed by atoms with van der Waals surface area (Å²) in [6.45, 7) is 2.97. The van der Waals surface area contributed by atoms with E-state index in [-0.39, 0.29) is 0 Å². The molecule has 20 heavy (non-hydrogen) atoms. The van der Waals surface area contributed by atoms with E-state index < -0.39 is 10.2 Å². The van der Waals surface area contributed by atoms with Crippen LogP contribution in [0.2, 0.25) is 0 Å². The number of anilines is 1. The lowest BCUT2D eigenvalue weighted by Crippen LogP contribution is -2.43. The van der Waals surface area contributed by atoms with Crippen molar-refractivity contribution in [2.24, 2.45) is 0 Å². The second-order valence-corrected chi connectivity index (χ2v) is 6.97. The fourth-order valence-electron chi connectivity index (χ4n) is 1.84. The minimum atomic E-state index is -3.49. The molecule has 0 aromatic heterocycles. The van der Waals surface area contributed by atoms with Gasteiger partial charge in [-0.2, -0.15) is 12.7 Å². The Balaban J connectivity index is 2.97. The van der Waals surface area contributed by atoms with E-state index in [0.29, 0.717) is 31.1 Å². The molecule has 1 rings (SSSR count). The third-order valence-electron chi connectivity index (χ3n) is 3.04. The molecule has 0 atom stereocenters. The number of rotatable bonds is 9. The van der Waals surface area contributed by atoms with Crippen molar-refractivity contribution in [2.45, 2.75) is 26.2 Å². The van der Waals surface area contributed by atoms with Gasteiger partial charge in [0, 0.05) is 26.0 Å². The molecule has 0 aliphatic carbocycles. The molecule has 6 heteroatoms. The Labute approximate surface area is 127 Å². The summed E-state index contributed by atoms with van der Waals surface area (Å²) in [6.07, 6.45) is 2.43. The smallest absolute Gasteiger partial charge is 0.258 e. The first-order chi connectivity index (χ1) is 9.54. The maximum atomic E-state index is 12.7. The van der Waals surface area contributed by atoms with Crippen LogP contribution in [0.1, 0.15) is 26.2 Å². The second-order valence-electron chi connectivity index (χ2n) is 4.63. The van der Waals surface area contributed by atoms with Crippen molar-refractivity contribution in [2.75, 3.05) is 30.3 Å². The molecule has 0 N–H and O–H groups in total. The third kappa shape index (κ3) is 4.65. The van der Waals surface area contributed by atoms with E-state index in [9.17, 15) is 8.42 Å². The summed E-state index contributed by atoms with van der Waals surface area (Å²) in [4.78, 5) is 0. The summed E-state index contributed by atoms with van der Waals surface area (Å²) in [5.74, 6) is 0.458. The van der Waals surface area contributed by atoms with Crippen molar-refractivity contribution in [1.82, 2.24) is 4.31 Å². The number of alkyl halides is 1. The molecule has 0 saturated carbocycles. The van der Waals surface area contributed by atoms with Crippen LogP contribution in [-0.2, 0) is 10.2 Å². The average molecular weight is 319 g/mol. The second kappa shape index (κ2) is 8.49. The van der Waals surface area contributed by atoms with Crippen LogP contribution in [0.4, 0.5) is 5.69 Å². The van der Waals surface area contributed by atoms with E-state index in [2.05, 4.69) is 0 Å². The van der Waals surface area contributed by atoms with Gasteiger partial charge in [0.1, 0.15) is 0 Å². The molecule has 0 radical (unpaired) electrons. The Bertz CT molecular complexity index is 479. The SMILES string of the molecule is CCCCN(c1ccccc1)S(=O)(=O)N(C)CCCCl. The number of unbranched alkanes of at least 4 members (excludes halogenated alkanes) is 1. The summed E-state index contributed by atoms with van der Waals surface area (Å²) in [5.41, 5.74) is 0.707. The lowest BCUT2D eigenvalue weighted by atomic mass is 10.3. The number of hydrogen-bond acceptors (Lipinski definition) is 2. The number of halogens is 1. The highest BCUT2D eigenvalue weighted by molar-refractivity contribution is 7.90. The lowest BCUT2D eigenvalue weighted by Gasteiger charge is -2.29. The fraction of sp³-hybridized carbons (Fsp3) is 0.571. The predicted octanol–water partition coefficient (Wildman–Crippen LogP) is 3.10. The van der Waals surface area contributed by atoms with Crippen molar-refractivity contribution in [3.05, 3.63) is 30.3 Å². The molecule has 0 heterocycles. The van der Waals surface area contributed by atoms with Gasteiger partial charge >= 0.3 is 10.2 Å². The Kier molecular flexibility index (Phi) is 7.34. The molecule has 0 unspecified atom stereocenters. The topological polar surface area (TPSA) is 40.6 Å². The van der Waals surface area contributed by atoms with Crippen LogP contribution < -0.4 is 4.31 Å². The van der Waals surface area contributed by atoms with E-state index in [4.69, 9.17) is 11.6 Å².